The average molecular weight is 521 g/mol. The van der Waals surface area contributed by atoms with Gasteiger partial charge in [-0.3, -0.25) is 14.5 Å². The molecule has 0 atom stereocenters. The van der Waals surface area contributed by atoms with E-state index in [1.165, 1.54) is 49.7 Å². The Hall–Kier alpha value is -2.31. The van der Waals surface area contributed by atoms with Gasteiger partial charge in [-0.2, -0.15) is 0 Å². The highest BCUT2D eigenvalue weighted by atomic mass is 32.2. The molecule has 1 aromatic heterocycles. The fourth-order valence-corrected chi connectivity index (χ4v) is 6.43. The maximum Gasteiger partial charge on any atom is 0.257 e. The first-order valence-electron chi connectivity index (χ1n) is 11.7. The van der Waals surface area contributed by atoms with Crippen molar-refractivity contribution in [3.8, 4) is 0 Å². The molecule has 2 aliphatic heterocycles. The Morgan fingerprint density at radius 2 is 1.74 bits per heavy atom. The predicted octanol–water partition coefficient (Wildman–Crippen LogP) is 2.49. The topological polar surface area (TPSA) is 99.3 Å². The first-order chi connectivity index (χ1) is 16.6. The number of nitrogens with zero attached hydrogens (tertiary/aromatic N) is 3. The Kier molecular flexibility index (Phi) is 7.62. The average Bonchev–Trinajstić information content (AvgIpc) is 3.20. The maximum absolute atomic E-state index is 13.5. The molecule has 0 saturated carbocycles. The lowest BCUT2D eigenvalue weighted by Gasteiger charge is -2.31. The lowest BCUT2D eigenvalue weighted by molar-refractivity contribution is 0.0302. The molecule has 0 radical (unpaired) electrons. The van der Waals surface area contributed by atoms with Crippen LogP contribution in [-0.2, 0) is 27.7 Å². The first-order valence-corrected chi connectivity index (χ1v) is 13.9. The maximum atomic E-state index is 13.5. The highest BCUT2D eigenvalue weighted by Gasteiger charge is 2.32. The van der Waals surface area contributed by atoms with Gasteiger partial charge in [0.15, 0.2) is 0 Å². The summed E-state index contributed by atoms with van der Waals surface area (Å²) in [7, 11) is -0.664. The molecular weight excluding hydrogens is 488 g/mol. The van der Waals surface area contributed by atoms with Crippen LogP contribution in [-0.4, -0.2) is 87.3 Å². The minimum atomic E-state index is -3.58. The normalized spacial score (nSPS) is 17.0. The highest BCUT2D eigenvalue weighted by Crippen LogP contribution is 2.38. The van der Waals surface area contributed by atoms with Crippen molar-refractivity contribution in [2.75, 3.05) is 52.3 Å². The van der Waals surface area contributed by atoms with Crippen LogP contribution in [0.3, 0.4) is 0 Å². The van der Waals surface area contributed by atoms with Crippen LogP contribution in [0.15, 0.2) is 29.2 Å². The fourth-order valence-electron chi connectivity index (χ4n) is 4.27. The van der Waals surface area contributed by atoms with E-state index in [0.29, 0.717) is 48.5 Å². The van der Waals surface area contributed by atoms with Crippen molar-refractivity contribution in [3.63, 3.8) is 0 Å². The number of carbonyl (C=O) groups excluding carboxylic acids is 2. The number of hydrogen-bond acceptors (Lipinski definition) is 7. The monoisotopic (exact) mass is 520 g/mol. The number of rotatable bonds is 6. The van der Waals surface area contributed by atoms with E-state index in [9.17, 15) is 18.0 Å². The highest BCUT2D eigenvalue weighted by molar-refractivity contribution is 7.89. The van der Waals surface area contributed by atoms with E-state index in [2.05, 4.69) is 24.1 Å². The van der Waals surface area contributed by atoms with Crippen LogP contribution < -0.4 is 5.32 Å². The van der Waals surface area contributed by atoms with E-state index in [0.717, 1.165) is 34.3 Å². The quantitative estimate of drug-likeness (QED) is 0.628. The van der Waals surface area contributed by atoms with Gasteiger partial charge >= 0.3 is 0 Å². The Labute approximate surface area is 210 Å². The Morgan fingerprint density at radius 1 is 1.09 bits per heavy atom. The second-order valence-electron chi connectivity index (χ2n) is 9.19. The van der Waals surface area contributed by atoms with Crippen molar-refractivity contribution in [2.24, 2.45) is 0 Å². The molecule has 1 fully saturated rings. The summed E-state index contributed by atoms with van der Waals surface area (Å²) in [4.78, 5) is 32.0. The van der Waals surface area contributed by atoms with Gasteiger partial charge in [0, 0.05) is 56.8 Å². The summed E-state index contributed by atoms with van der Waals surface area (Å²) < 4.78 is 31.2. The Balaban J connectivity index is 1.63. The Bertz CT molecular complexity index is 1200. The van der Waals surface area contributed by atoms with E-state index >= 15 is 0 Å². The van der Waals surface area contributed by atoms with Crippen LogP contribution in [0.2, 0.25) is 0 Å². The number of amides is 2. The number of thiophene rings is 1. The minimum absolute atomic E-state index is 0.0773. The Morgan fingerprint density at radius 3 is 2.34 bits per heavy atom. The zero-order chi connectivity index (χ0) is 25.3. The lowest BCUT2D eigenvalue weighted by Crippen LogP contribution is -2.41. The van der Waals surface area contributed by atoms with Crippen molar-refractivity contribution >= 4 is 38.2 Å². The molecule has 2 aliphatic rings. The molecule has 1 N–H and O–H groups in total. The van der Waals surface area contributed by atoms with Gasteiger partial charge < -0.3 is 15.0 Å². The van der Waals surface area contributed by atoms with Crippen LogP contribution in [0.5, 0.6) is 0 Å². The number of ether oxygens (including phenoxy) is 1. The lowest BCUT2D eigenvalue weighted by atomic mass is 10.0. The van der Waals surface area contributed by atoms with E-state index in [-0.39, 0.29) is 16.7 Å². The van der Waals surface area contributed by atoms with Crippen LogP contribution in [0.1, 0.15) is 45.0 Å². The van der Waals surface area contributed by atoms with Crippen molar-refractivity contribution in [1.82, 2.24) is 14.1 Å². The van der Waals surface area contributed by atoms with Gasteiger partial charge in [-0.25, -0.2) is 12.7 Å². The second kappa shape index (κ2) is 10.4. The third-order valence-corrected chi connectivity index (χ3v) is 9.41. The number of fused-ring (bicyclic) bond motifs is 1. The van der Waals surface area contributed by atoms with Crippen molar-refractivity contribution in [1.29, 1.82) is 0 Å². The standard InChI is InChI=1S/C24H32N4O5S2/c1-16(2)28-10-9-19-20(15-28)34-23(21(19)24(30)27-11-13-33-14-12-27)25-22(29)17-5-7-18(8-6-17)35(31,32)26(3)4/h5-8,16H,9-15H2,1-4H3,(H,25,29). The van der Waals surface area contributed by atoms with E-state index < -0.39 is 10.0 Å². The molecule has 0 spiro atoms. The molecule has 1 saturated heterocycles. The van der Waals surface area contributed by atoms with E-state index in [1.807, 2.05) is 0 Å². The molecule has 1 aromatic carbocycles. The second-order valence-corrected chi connectivity index (χ2v) is 12.4. The van der Waals surface area contributed by atoms with Gasteiger partial charge in [-0.1, -0.05) is 0 Å². The minimum Gasteiger partial charge on any atom is -0.378 e. The molecule has 2 amide bonds. The molecule has 190 valence electrons. The molecule has 2 aromatic rings. The fraction of sp³-hybridized carbons (Fsp3) is 0.500. The predicted molar refractivity (Wildman–Crippen MR) is 136 cm³/mol. The number of morpholine rings is 1. The van der Waals surface area contributed by atoms with Crippen LogP contribution in [0, 0.1) is 0 Å². The van der Waals surface area contributed by atoms with Crippen LogP contribution in [0.25, 0.3) is 0 Å². The number of carbonyl (C=O) groups is 2. The third kappa shape index (κ3) is 5.29. The van der Waals surface area contributed by atoms with Crippen molar-refractivity contribution < 1.29 is 22.7 Å². The van der Waals surface area contributed by atoms with Gasteiger partial charge in [0.2, 0.25) is 10.0 Å². The summed E-state index contributed by atoms with van der Waals surface area (Å²) in [5.74, 6) is -0.458. The van der Waals surface area contributed by atoms with E-state index in [4.69, 9.17) is 4.74 Å². The summed E-state index contributed by atoms with van der Waals surface area (Å²) in [6, 6.07) is 6.21. The molecular formula is C24H32N4O5S2. The van der Waals surface area contributed by atoms with Crippen LogP contribution in [0.4, 0.5) is 5.00 Å². The third-order valence-electron chi connectivity index (χ3n) is 6.45. The number of anilines is 1. The molecule has 0 unspecified atom stereocenters. The summed E-state index contributed by atoms with van der Waals surface area (Å²) in [5.41, 5.74) is 1.92. The number of sulfonamides is 1. The van der Waals surface area contributed by atoms with Gasteiger partial charge in [0.25, 0.3) is 11.8 Å². The SMILES string of the molecule is CC(C)N1CCc2c(sc(NC(=O)c3ccc(S(=O)(=O)N(C)C)cc3)c2C(=O)N2CCOCC2)C1. The molecule has 3 heterocycles. The van der Waals surface area contributed by atoms with Crippen LogP contribution >= 0.6 is 11.3 Å². The largest absolute Gasteiger partial charge is 0.378 e. The molecule has 35 heavy (non-hydrogen) atoms. The molecule has 0 aliphatic carbocycles. The molecule has 9 nitrogen and oxygen atoms in total. The van der Waals surface area contributed by atoms with Gasteiger partial charge in [0.1, 0.15) is 5.00 Å². The molecule has 11 heteroatoms. The molecule has 0 bridgehead atoms. The van der Waals surface area contributed by atoms with Crippen molar-refractivity contribution in [2.45, 2.75) is 37.8 Å². The van der Waals surface area contributed by atoms with Gasteiger partial charge in [0.05, 0.1) is 23.7 Å². The summed E-state index contributed by atoms with van der Waals surface area (Å²) >= 11 is 1.45. The number of benzene rings is 1. The zero-order valence-corrected chi connectivity index (χ0v) is 22.2. The summed E-state index contributed by atoms with van der Waals surface area (Å²) in [6.07, 6.45) is 0.752. The number of nitrogens with one attached hydrogen (secondary N) is 1. The first kappa shape index (κ1) is 25.8. The van der Waals surface area contributed by atoms with Crippen molar-refractivity contribution in [3.05, 3.63) is 45.8 Å². The zero-order valence-electron chi connectivity index (χ0n) is 20.5. The van der Waals surface area contributed by atoms with Gasteiger partial charge in [-0.05, 0) is 50.1 Å². The number of hydrogen-bond donors (Lipinski definition) is 1. The molecule has 4 rings (SSSR count). The smallest absolute Gasteiger partial charge is 0.257 e. The summed E-state index contributed by atoms with van der Waals surface area (Å²) in [6.45, 7) is 7.97. The van der Waals surface area contributed by atoms with E-state index in [1.54, 1.807) is 4.90 Å². The van der Waals surface area contributed by atoms with Gasteiger partial charge in [-0.15, -0.1) is 11.3 Å². The summed E-state index contributed by atoms with van der Waals surface area (Å²) in [5, 5.41) is 3.50.